The molecule has 8 heteroatoms. The van der Waals surface area contributed by atoms with Crippen LogP contribution >= 0.6 is 23.2 Å². The van der Waals surface area contributed by atoms with Crippen molar-refractivity contribution < 1.29 is 0 Å². The van der Waals surface area contributed by atoms with Gasteiger partial charge in [-0.25, -0.2) is 4.98 Å². The van der Waals surface area contributed by atoms with E-state index in [0.717, 1.165) is 18.7 Å². The van der Waals surface area contributed by atoms with Gasteiger partial charge in [0.1, 0.15) is 0 Å². The van der Waals surface area contributed by atoms with Gasteiger partial charge in [-0.15, -0.1) is 4.99 Å². The summed E-state index contributed by atoms with van der Waals surface area (Å²) in [6.45, 7) is 3.44. The summed E-state index contributed by atoms with van der Waals surface area (Å²) in [5, 5.41) is 15.8. The zero-order chi connectivity index (χ0) is 16.7. The Morgan fingerprint density at radius 3 is 2.87 bits per heavy atom. The second-order valence-electron chi connectivity index (χ2n) is 4.85. The van der Waals surface area contributed by atoms with Gasteiger partial charge >= 0.3 is 0 Å². The Labute approximate surface area is 144 Å². The first-order valence-electron chi connectivity index (χ1n) is 6.99. The molecule has 6 nitrogen and oxygen atoms in total. The van der Waals surface area contributed by atoms with E-state index >= 15 is 0 Å². The highest BCUT2D eigenvalue weighted by Gasteiger charge is 2.03. The Hall–Kier alpha value is -2.23. The van der Waals surface area contributed by atoms with Crippen molar-refractivity contribution >= 4 is 34.8 Å². The van der Waals surface area contributed by atoms with E-state index in [9.17, 15) is 0 Å². The van der Waals surface area contributed by atoms with Crippen LogP contribution in [0.5, 0.6) is 0 Å². The molecule has 1 aromatic heterocycles. The predicted octanol–water partition coefficient (Wildman–Crippen LogP) is 3.43. The highest BCUT2D eigenvalue weighted by Crippen LogP contribution is 2.24. The van der Waals surface area contributed by atoms with E-state index in [1.54, 1.807) is 30.7 Å². The molecule has 0 aliphatic heterocycles. The third-order valence-electron chi connectivity index (χ3n) is 2.99. The van der Waals surface area contributed by atoms with E-state index in [4.69, 9.17) is 28.5 Å². The van der Waals surface area contributed by atoms with E-state index in [1.807, 2.05) is 17.7 Å². The van der Waals surface area contributed by atoms with Crippen LogP contribution in [0.3, 0.4) is 0 Å². The molecule has 120 valence electrons. The van der Waals surface area contributed by atoms with E-state index in [1.165, 1.54) is 0 Å². The maximum Gasteiger partial charge on any atom is 0.211 e. The predicted molar refractivity (Wildman–Crippen MR) is 92.7 cm³/mol. The summed E-state index contributed by atoms with van der Waals surface area (Å²) in [4.78, 5) is 7.90. The van der Waals surface area contributed by atoms with Gasteiger partial charge in [-0.05, 0) is 31.5 Å². The smallest absolute Gasteiger partial charge is 0.211 e. The van der Waals surface area contributed by atoms with Crippen LogP contribution in [0.4, 0.5) is 5.69 Å². The van der Waals surface area contributed by atoms with Gasteiger partial charge < -0.3 is 15.2 Å². The molecule has 0 saturated heterocycles. The quantitative estimate of drug-likeness (QED) is 0.374. The lowest BCUT2D eigenvalue weighted by atomic mass is 10.3. The number of hydrogen-bond donors (Lipinski definition) is 2. The Kier molecular flexibility index (Phi) is 6.27. The summed E-state index contributed by atoms with van der Waals surface area (Å²) in [5.74, 6) is 0.368. The Morgan fingerprint density at radius 2 is 2.22 bits per heavy atom. The van der Waals surface area contributed by atoms with Crippen LogP contribution in [0.15, 0.2) is 35.7 Å². The molecule has 0 saturated carbocycles. The lowest BCUT2D eigenvalue weighted by Crippen LogP contribution is -2.31. The summed E-state index contributed by atoms with van der Waals surface area (Å²) < 4.78 is 2.02. The Bertz CT molecular complexity index is 732. The van der Waals surface area contributed by atoms with Gasteiger partial charge in [0.05, 0.1) is 22.1 Å². The third-order valence-corrected chi connectivity index (χ3v) is 3.73. The summed E-state index contributed by atoms with van der Waals surface area (Å²) in [5.41, 5.74) is 1.69. The molecule has 0 aliphatic rings. The molecule has 0 fully saturated rings. The van der Waals surface area contributed by atoms with Gasteiger partial charge in [0.25, 0.3) is 0 Å². The molecular formula is C15H16Cl2N6. The molecule has 1 heterocycles. The fourth-order valence-electron chi connectivity index (χ4n) is 1.93. The van der Waals surface area contributed by atoms with Crippen LogP contribution in [0, 0.1) is 18.4 Å². The number of guanidine groups is 1. The van der Waals surface area contributed by atoms with E-state index < -0.39 is 0 Å². The van der Waals surface area contributed by atoms with Crippen LogP contribution in [0.1, 0.15) is 12.1 Å². The third kappa shape index (κ3) is 5.47. The van der Waals surface area contributed by atoms with Crippen LogP contribution < -0.4 is 10.6 Å². The second-order valence-corrected chi connectivity index (χ2v) is 5.66. The van der Waals surface area contributed by atoms with Gasteiger partial charge in [0.2, 0.25) is 12.2 Å². The molecule has 0 aliphatic carbocycles. The maximum absolute atomic E-state index is 8.77. The maximum atomic E-state index is 8.77. The van der Waals surface area contributed by atoms with Crippen LogP contribution in [-0.4, -0.2) is 22.1 Å². The number of aryl methyl sites for hydroxylation is 2. The number of imidazole rings is 1. The molecule has 1 aromatic carbocycles. The van der Waals surface area contributed by atoms with E-state index in [-0.39, 0.29) is 0 Å². The SMILES string of the molecule is Cc1cn(CCCN/C(=N/C#N)Nc2ccc(Cl)c(Cl)c2)cn1. The molecule has 2 aromatic rings. The summed E-state index contributed by atoms with van der Waals surface area (Å²) in [7, 11) is 0. The van der Waals surface area contributed by atoms with Gasteiger partial charge in [-0.2, -0.15) is 5.26 Å². The highest BCUT2D eigenvalue weighted by atomic mass is 35.5. The van der Waals surface area contributed by atoms with Gasteiger partial charge in [0, 0.05) is 25.0 Å². The molecular weight excluding hydrogens is 335 g/mol. The minimum Gasteiger partial charge on any atom is -0.355 e. The normalized spacial score (nSPS) is 11.1. The number of halogens is 2. The summed E-state index contributed by atoms with van der Waals surface area (Å²) in [6.07, 6.45) is 6.41. The lowest BCUT2D eigenvalue weighted by molar-refractivity contribution is 0.630. The molecule has 0 bridgehead atoms. The van der Waals surface area contributed by atoms with Crippen LogP contribution in [0.2, 0.25) is 10.0 Å². The molecule has 0 amide bonds. The molecule has 2 N–H and O–H groups in total. The first-order valence-corrected chi connectivity index (χ1v) is 7.75. The second kappa shape index (κ2) is 8.42. The van der Waals surface area contributed by atoms with Crippen molar-refractivity contribution in [3.63, 3.8) is 0 Å². The number of anilines is 1. The zero-order valence-corrected chi connectivity index (χ0v) is 14.1. The molecule has 0 spiro atoms. The summed E-state index contributed by atoms with van der Waals surface area (Å²) in [6, 6.07) is 5.11. The van der Waals surface area contributed by atoms with E-state index in [0.29, 0.717) is 28.2 Å². The van der Waals surface area contributed by atoms with Gasteiger partial charge in [0.15, 0.2) is 0 Å². The first-order chi connectivity index (χ1) is 11.1. The average molecular weight is 351 g/mol. The molecule has 0 radical (unpaired) electrons. The number of aromatic nitrogens is 2. The Morgan fingerprint density at radius 1 is 1.39 bits per heavy atom. The van der Waals surface area contributed by atoms with Crippen molar-refractivity contribution in [1.29, 1.82) is 5.26 Å². The van der Waals surface area contributed by atoms with Crippen LogP contribution in [0.25, 0.3) is 0 Å². The highest BCUT2D eigenvalue weighted by molar-refractivity contribution is 6.42. The fraction of sp³-hybridized carbons (Fsp3) is 0.267. The molecule has 0 unspecified atom stereocenters. The first kappa shape index (κ1) is 17.1. The number of nitrogens with zero attached hydrogens (tertiary/aromatic N) is 4. The minimum atomic E-state index is 0.368. The monoisotopic (exact) mass is 350 g/mol. The number of benzene rings is 1. The number of nitriles is 1. The number of rotatable bonds is 5. The standard InChI is InChI=1S/C15H16Cl2N6/c1-11-8-23(10-21-11)6-2-5-19-15(20-9-18)22-12-3-4-13(16)14(17)7-12/h3-4,7-8,10H,2,5-6H2,1H3,(H2,19,20,22). The molecule has 0 atom stereocenters. The lowest BCUT2D eigenvalue weighted by Gasteiger charge is -2.11. The van der Waals surface area contributed by atoms with Crippen molar-refractivity contribution in [2.24, 2.45) is 4.99 Å². The topological polar surface area (TPSA) is 78.0 Å². The van der Waals surface area contributed by atoms with E-state index in [2.05, 4.69) is 20.6 Å². The van der Waals surface area contributed by atoms with Gasteiger partial charge in [-0.3, -0.25) is 0 Å². The number of nitrogens with one attached hydrogen (secondary N) is 2. The van der Waals surface area contributed by atoms with Crippen molar-refractivity contribution in [2.75, 3.05) is 11.9 Å². The zero-order valence-electron chi connectivity index (χ0n) is 12.6. The fourth-order valence-corrected chi connectivity index (χ4v) is 2.23. The van der Waals surface area contributed by atoms with Gasteiger partial charge in [-0.1, -0.05) is 23.2 Å². The summed E-state index contributed by atoms with van der Waals surface area (Å²) >= 11 is 11.8. The van der Waals surface area contributed by atoms with Crippen molar-refractivity contribution in [2.45, 2.75) is 19.9 Å². The van der Waals surface area contributed by atoms with Crippen molar-refractivity contribution in [3.05, 3.63) is 46.5 Å². The van der Waals surface area contributed by atoms with Crippen molar-refractivity contribution in [3.8, 4) is 6.19 Å². The Balaban J connectivity index is 1.85. The minimum absolute atomic E-state index is 0.368. The number of hydrogen-bond acceptors (Lipinski definition) is 3. The molecule has 23 heavy (non-hydrogen) atoms. The number of aliphatic imine (C=N–C) groups is 1. The van der Waals surface area contributed by atoms with Crippen molar-refractivity contribution in [1.82, 2.24) is 14.9 Å². The van der Waals surface area contributed by atoms with Crippen LogP contribution in [-0.2, 0) is 6.54 Å². The largest absolute Gasteiger partial charge is 0.355 e. The molecule has 2 rings (SSSR count). The average Bonchev–Trinajstić information content (AvgIpc) is 2.93.